The van der Waals surface area contributed by atoms with Gasteiger partial charge in [-0.1, -0.05) is 42.5 Å². The number of carbonyl (C=O) groups is 1. The van der Waals surface area contributed by atoms with Crippen LogP contribution in [-0.2, 0) is 22.1 Å². The SMILES string of the molecule is Cc1ncnc(C)c1C(=O)N1CCC(C)(N2CCC(N(Cc3ccccc3)c3ccc(CS(C)(=O)=O)cc3)CC2)CC1. The highest BCUT2D eigenvalue weighted by Gasteiger charge is 2.39. The summed E-state index contributed by atoms with van der Waals surface area (Å²) in [5.41, 5.74) is 5.40. The number of carbonyl (C=O) groups excluding carboxylic acids is 1. The first kappa shape index (κ1) is 30.2. The summed E-state index contributed by atoms with van der Waals surface area (Å²) in [6.07, 6.45) is 6.80. The predicted molar refractivity (Wildman–Crippen MR) is 167 cm³/mol. The first-order valence-corrected chi connectivity index (χ1v) is 17.0. The highest BCUT2D eigenvalue weighted by Crippen LogP contribution is 2.34. The van der Waals surface area contributed by atoms with E-state index in [9.17, 15) is 13.2 Å². The van der Waals surface area contributed by atoms with Crippen molar-refractivity contribution < 1.29 is 13.2 Å². The Bertz CT molecular complexity index is 1460. The van der Waals surface area contributed by atoms with Gasteiger partial charge in [-0.2, -0.15) is 0 Å². The van der Waals surface area contributed by atoms with Gasteiger partial charge in [-0.25, -0.2) is 18.4 Å². The molecule has 1 aromatic heterocycles. The zero-order valence-corrected chi connectivity index (χ0v) is 26.1. The first-order valence-electron chi connectivity index (χ1n) is 14.9. The fourth-order valence-corrected chi connectivity index (χ4v) is 7.38. The van der Waals surface area contributed by atoms with Crippen LogP contribution in [0.25, 0.3) is 0 Å². The van der Waals surface area contributed by atoms with Gasteiger partial charge >= 0.3 is 0 Å². The molecule has 2 aromatic carbocycles. The number of anilines is 1. The second-order valence-corrected chi connectivity index (χ2v) is 14.4. The van der Waals surface area contributed by atoms with Crippen LogP contribution in [0.15, 0.2) is 60.9 Å². The Morgan fingerprint density at radius 3 is 2.07 bits per heavy atom. The number of aryl methyl sites for hydroxylation is 2. The van der Waals surface area contributed by atoms with Crippen LogP contribution in [0.3, 0.4) is 0 Å². The van der Waals surface area contributed by atoms with Crippen LogP contribution in [0.2, 0.25) is 0 Å². The summed E-state index contributed by atoms with van der Waals surface area (Å²) in [7, 11) is -3.07. The van der Waals surface area contributed by atoms with E-state index >= 15 is 0 Å². The molecule has 2 aliphatic heterocycles. The van der Waals surface area contributed by atoms with Crippen molar-refractivity contribution in [2.45, 2.75) is 70.3 Å². The molecule has 0 N–H and O–H groups in total. The number of likely N-dealkylation sites (tertiary alicyclic amines) is 2. The Balaban J connectivity index is 1.24. The standard InChI is InChI=1S/C33H43N5O3S/c1-25-31(26(2)35-24-34-25)32(39)36-20-16-33(3,17-21-36)37-18-14-30(15-19-37)38(22-27-8-6-5-7-9-27)29-12-10-28(11-13-29)23-42(4,40)41/h5-13,24,30H,14-23H2,1-4H3. The van der Waals surface area contributed by atoms with Crippen molar-refractivity contribution in [3.05, 3.63) is 89.0 Å². The maximum atomic E-state index is 13.3. The van der Waals surface area contributed by atoms with Gasteiger partial charge in [0.2, 0.25) is 0 Å². The van der Waals surface area contributed by atoms with E-state index in [1.54, 1.807) is 0 Å². The van der Waals surface area contributed by atoms with Gasteiger partial charge in [0.05, 0.1) is 22.7 Å². The molecule has 0 unspecified atom stereocenters. The number of rotatable bonds is 8. The van der Waals surface area contributed by atoms with E-state index in [4.69, 9.17) is 0 Å². The number of sulfone groups is 1. The Morgan fingerprint density at radius 2 is 1.50 bits per heavy atom. The third-order valence-corrected chi connectivity index (χ3v) is 9.99. The lowest BCUT2D eigenvalue weighted by Crippen LogP contribution is -2.58. The summed E-state index contributed by atoms with van der Waals surface area (Å²) in [5.74, 6) is 0.107. The van der Waals surface area contributed by atoms with Crippen LogP contribution in [0.4, 0.5) is 5.69 Å². The van der Waals surface area contributed by atoms with Crippen LogP contribution in [0.5, 0.6) is 0 Å². The molecule has 3 aromatic rings. The molecule has 9 heteroatoms. The Morgan fingerprint density at radius 1 is 0.905 bits per heavy atom. The maximum absolute atomic E-state index is 13.3. The summed E-state index contributed by atoms with van der Waals surface area (Å²) >= 11 is 0. The summed E-state index contributed by atoms with van der Waals surface area (Å²) < 4.78 is 23.6. The van der Waals surface area contributed by atoms with Crippen molar-refractivity contribution in [3.63, 3.8) is 0 Å². The molecule has 3 heterocycles. The third-order valence-electron chi connectivity index (χ3n) is 9.13. The summed E-state index contributed by atoms with van der Waals surface area (Å²) in [6, 6.07) is 19.0. The summed E-state index contributed by atoms with van der Waals surface area (Å²) in [4.78, 5) is 28.9. The fourth-order valence-electron chi connectivity index (χ4n) is 6.58. The van der Waals surface area contributed by atoms with Gasteiger partial charge in [0.1, 0.15) is 6.33 Å². The minimum atomic E-state index is -3.07. The van der Waals surface area contributed by atoms with E-state index in [0.29, 0.717) is 11.6 Å². The van der Waals surface area contributed by atoms with E-state index < -0.39 is 9.84 Å². The van der Waals surface area contributed by atoms with E-state index in [2.05, 4.69) is 63.1 Å². The first-order chi connectivity index (χ1) is 20.0. The molecule has 0 aliphatic carbocycles. The molecular formula is C33H43N5O3S. The number of amides is 1. The summed E-state index contributed by atoms with van der Waals surface area (Å²) in [5, 5.41) is 0. The van der Waals surface area contributed by atoms with Crippen LogP contribution in [0, 0.1) is 13.8 Å². The van der Waals surface area contributed by atoms with Crippen molar-refractivity contribution in [2.24, 2.45) is 0 Å². The fraction of sp³-hybridized carbons (Fsp3) is 0.485. The van der Waals surface area contributed by atoms with Crippen LogP contribution in [0.1, 0.15) is 65.5 Å². The minimum absolute atomic E-state index is 0.0467. The van der Waals surface area contributed by atoms with Gasteiger partial charge in [-0.3, -0.25) is 9.69 Å². The molecule has 1 amide bonds. The number of benzene rings is 2. The number of aromatic nitrogens is 2. The van der Waals surface area contributed by atoms with Gasteiger partial charge < -0.3 is 9.80 Å². The molecular weight excluding hydrogens is 546 g/mol. The molecule has 2 saturated heterocycles. The Kier molecular flexibility index (Phi) is 8.99. The largest absolute Gasteiger partial charge is 0.364 e. The highest BCUT2D eigenvalue weighted by atomic mass is 32.2. The third kappa shape index (κ3) is 7.01. The minimum Gasteiger partial charge on any atom is -0.364 e. The molecule has 42 heavy (non-hydrogen) atoms. The number of piperidine rings is 2. The van der Waals surface area contributed by atoms with Gasteiger partial charge in [0, 0.05) is 56.2 Å². The molecule has 5 rings (SSSR count). The van der Waals surface area contributed by atoms with Crippen molar-refractivity contribution in [2.75, 3.05) is 37.3 Å². The molecule has 0 bridgehead atoms. The molecule has 2 fully saturated rings. The van der Waals surface area contributed by atoms with E-state index in [0.717, 1.165) is 81.0 Å². The van der Waals surface area contributed by atoms with Crippen LogP contribution in [-0.4, -0.2) is 78.1 Å². The average molecular weight is 590 g/mol. The van der Waals surface area contributed by atoms with E-state index in [1.807, 2.05) is 36.9 Å². The smallest absolute Gasteiger partial charge is 0.257 e. The van der Waals surface area contributed by atoms with Gasteiger partial charge in [-0.05, 0) is 69.7 Å². The van der Waals surface area contributed by atoms with E-state index in [-0.39, 0.29) is 17.2 Å². The summed E-state index contributed by atoms with van der Waals surface area (Å²) in [6.45, 7) is 10.4. The molecule has 0 radical (unpaired) electrons. The van der Waals surface area contributed by atoms with Crippen molar-refractivity contribution in [3.8, 4) is 0 Å². The second kappa shape index (κ2) is 12.5. The molecule has 0 atom stereocenters. The van der Waals surface area contributed by atoms with Crippen molar-refractivity contribution in [1.29, 1.82) is 0 Å². The van der Waals surface area contributed by atoms with Crippen LogP contribution >= 0.6 is 0 Å². The average Bonchev–Trinajstić information content (AvgIpc) is 2.96. The zero-order chi connectivity index (χ0) is 29.9. The quantitative estimate of drug-likeness (QED) is 0.373. The van der Waals surface area contributed by atoms with Gasteiger partial charge in [-0.15, -0.1) is 0 Å². The van der Waals surface area contributed by atoms with Gasteiger partial charge in [0.15, 0.2) is 9.84 Å². The maximum Gasteiger partial charge on any atom is 0.257 e. The molecule has 224 valence electrons. The number of hydrogen-bond acceptors (Lipinski definition) is 7. The lowest BCUT2D eigenvalue weighted by molar-refractivity contribution is 0.0170. The van der Waals surface area contributed by atoms with E-state index in [1.165, 1.54) is 18.1 Å². The van der Waals surface area contributed by atoms with Crippen molar-refractivity contribution >= 4 is 21.4 Å². The Hall–Kier alpha value is -3.30. The number of nitrogens with zero attached hydrogens (tertiary/aromatic N) is 5. The highest BCUT2D eigenvalue weighted by molar-refractivity contribution is 7.89. The predicted octanol–water partition coefficient (Wildman–Crippen LogP) is 4.80. The Labute approximate surface area is 250 Å². The van der Waals surface area contributed by atoms with Crippen LogP contribution < -0.4 is 4.90 Å². The van der Waals surface area contributed by atoms with Gasteiger partial charge in [0.25, 0.3) is 5.91 Å². The zero-order valence-electron chi connectivity index (χ0n) is 25.3. The molecule has 0 spiro atoms. The number of hydrogen-bond donors (Lipinski definition) is 0. The lowest BCUT2D eigenvalue weighted by Gasteiger charge is -2.50. The molecule has 0 saturated carbocycles. The van der Waals surface area contributed by atoms with Crippen molar-refractivity contribution in [1.82, 2.24) is 19.8 Å². The molecule has 2 aliphatic rings. The lowest BCUT2D eigenvalue weighted by atomic mass is 9.85. The topological polar surface area (TPSA) is 86.7 Å². The monoisotopic (exact) mass is 589 g/mol. The second-order valence-electron chi connectivity index (χ2n) is 12.3. The normalized spacial score (nSPS) is 18.1. The molecule has 8 nitrogen and oxygen atoms in total.